The van der Waals surface area contributed by atoms with Gasteiger partial charge in [0.2, 0.25) is 5.91 Å². The predicted molar refractivity (Wildman–Crippen MR) is 70.3 cm³/mol. The van der Waals surface area contributed by atoms with Crippen molar-refractivity contribution in [2.75, 3.05) is 19.6 Å². The summed E-state index contributed by atoms with van der Waals surface area (Å²) < 4.78 is 5.28. The van der Waals surface area contributed by atoms with Gasteiger partial charge >= 0.3 is 0 Å². The fraction of sp³-hybridized carbons (Fsp3) is 0.250. The van der Waals surface area contributed by atoms with Crippen molar-refractivity contribution in [3.05, 3.63) is 28.6 Å². The molecule has 0 bridgehead atoms. The van der Waals surface area contributed by atoms with Gasteiger partial charge < -0.3 is 19.6 Å². The lowest BCUT2D eigenvalue weighted by Gasteiger charge is -2.26. The standard InChI is InChI=1S/C12H11N3O3S/c16-10-6-15(4-3-13-10)11(17)7-1-2-8-9(5-7)18-12(19)14-8/h1-2,5H,3-4,6H2,(H,13,16)(H,14,19). The van der Waals surface area contributed by atoms with Gasteiger partial charge in [0.25, 0.3) is 10.7 Å². The smallest absolute Gasteiger partial charge is 0.266 e. The van der Waals surface area contributed by atoms with Gasteiger partial charge in [-0.25, -0.2) is 0 Å². The van der Waals surface area contributed by atoms with Crippen LogP contribution in [0.5, 0.6) is 0 Å². The van der Waals surface area contributed by atoms with Gasteiger partial charge in [0, 0.05) is 18.7 Å². The Bertz CT molecular complexity index is 718. The summed E-state index contributed by atoms with van der Waals surface area (Å²) in [5.41, 5.74) is 1.77. The molecule has 0 radical (unpaired) electrons. The third-order valence-electron chi connectivity index (χ3n) is 2.99. The summed E-state index contributed by atoms with van der Waals surface area (Å²) in [5, 5.41) is 2.68. The fourth-order valence-corrected chi connectivity index (χ4v) is 2.27. The number of H-pyrrole nitrogens is 1. The molecule has 1 fully saturated rings. The van der Waals surface area contributed by atoms with Gasteiger partial charge in [-0.3, -0.25) is 9.59 Å². The third kappa shape index (κ3) is 2.24. The number of carbonyl (C=O) groups excluding carboxylic acids is 2. The maximum atomic E-state index is 12.3. The molecule has 1 aromatic carbocycles. The Labute approximate surface area is 113 Å². The third-order valence-corrected chi connectivity index (χ3v) is 3.18. The Kier molecular flexibility index (Phi) is 2.83. The molecule has 1 saturated heterocycles. The van der Waals surface area contributed by atoms with Gasteiger partial charge in [0.15, 0.2) is 5.58 Å². The highest BCUT2D eigenvalue weighted by Crippen LogP contribution is 2.17. The number of amides is 2. The van der Waals surface area contributed by atoms with Crippen molar-refractivity contribution >= 4 is 35.1 Å². The quantitative estimate of drug-likeness (QED) is 0.764. The number of hydrogen-bond donors (Lipinski definition) is 2. The van der Waals surface area contributed by atoms with E-state index in [9.17, 15) is 9.59 Å². The number of oxazole rings is 1. The van der Waals surface area contributed by atoms with Gasteiger partial charge in [-0.2, -0.15) is 0 Å². The molecular formula is C12H11N3O3S. The first kappa shape index (κ1) is 11.9. The highest BCUT2D eigenvalue weighted by molar-refractivity contribution is 7.71. The Morgan fingerprint density at radius 3 is 3.05 bits per heavy atom. The summed E-state index contributed by atoms with van der Waals surface area (Å²) >= 11 is 4.89. The molecular weight excluding hydrogens is 266 g/mol. The van der Waals surface area contributed by atoms with E-state index in [1.807, 2.05) is 0 Å². The first-order chi connectivity index (χ1) is 9.13. The molecule has 0 unspecified atom stereocenters. The molecule has 98 valence electrons. The van der Waals surface area contributed by atoms with Crippen LogP contribution in [0, 0.1) is 4.84 Å². The lowest BCUT2D eigenvalue weighted by Crippen LogP contribution is -2.49. The van der Waals surface area contributed by atoms with Crippen molar-refractivity contribution in [2.24, 2.45) is 0 Å². The average Bonchev–Trinajstić information content (AvgIpc) is 2.76. The molecule has 1 aliphatic rings. The largest absolute Gasteiger partial charge is 0.429 e. The summed E-state index contributed by atoms with van der Waals surface area (Å²) in [4.78, 5) is 28.2. The van der Waals surface area contributed by atoms with E-state index in [1.54, 1.807) is 18.2 Å². The summed E-state index contributed by atoms with van der Waals surface area (Å²) in [7, 11) is 0. The molecule has 0 atom stereocenters. The van der Waals surface area contributed by atoms with Crippen molar-refractivity contribution in [2.45, 2.75) is 0 Å². The average molecular weight is 277 g/mol. The van der Waals surface area contributed by atoms with E-state index in [0.29, 0.717) is 24.2 Å². The maximum Gasteiger partial charge on any atom is 0.266 e. The van der Waals surface area contributed by atoms with Gasteiger partial charge in [0.05, 0.1) is 12.1 Å². The van der Waals surface area contributed by atoms with Crippen LogP contribution >= 0.6 is 12.2 Å². The first-order valence-corrected chi connectivity index (χ1v) is 6.23. The van der Waals surface area contributed by atoms with E-state index in [1.165, 1.54) is 4.90 Å². The SMILES string of the molecule is O=C1CN(C(=O)c2ccc3[nH]c(=S)oc3c2)CCN1. The second-order valence-electron chi connectivity index (χ2n) is 4.30. The minimum Gasteiger partial charge on any atom is -0.429 e. The van der Waals surface area contributed by atoms with E-state index in [4.69, 9.17) is 16.6 Å². The predicted octanol–water partition coefficient (Wildman–Crippen LogP) is 1.06. The van der Waals surface area contributed by atoms with Gasteiger partial charge in [-0.05, 0) is 30.4 Å². The minimum absolute atomic E-state index is 0.0907. The number of benzene rings is 1. The van der Waals surface area contributed by atoms with E-state index in [0.717, 1.165) is 5.52 Å². The molecule has 0 aliphatic carbocycles. The number of fused-ring (bicyclic) bond motifs is 1. The van der Waals surface area contributed by atoms with Gasteiger partial charge in [-0.15, -0.1) is 0 Å². The molecule has 7 heteroatoms. The van der Waals surface area contributed by atoms with Gasteiger partial charge in [-0.1, -0.05) is 0 Å². The Hall–Kier alpha value is -2.15. The van der Waals surface area contributed by atoms with Crippen LogP contribution in [0.1, 0.15) is 10.4 Å². The molecule has 0 saturated carbocycles. The van der Waals surface area contributed by atoms with Crippen molar-refractivity contribution in [3.8, 4) is 0 Å². The van der Waals surface area contributed by atoms with Crippen LogP contribution < -0.4 is 5.32 Å². The number of aromatic nitrogens is 1. The summed E-state index contributed by atoms with van der Waals surface area (Å²) in [6.07, 6.45) is 0. The fourth-order valence-electron chi connectivity index (χ4n) is 2.07. The topological polar surface area (TPSA) is 78.3 Å². The second-order valence-corrected chi connectivity index (χ2v) is 4.67. The number of piperazine rings is 1. The van der Waals surface area contributed by atoms with Crippen molar-refractivity contribution in [1.82, 2.24) is 15.2 Å². The Morgan fingerprint density at radius 1 is 1.42 bits per heavy atom. The second kappa shape index (κ2) is 4.51. The monoisotopic (exact) mass is 277 g/mol. The molecule has 3 rings (SSSR count). The zero-order valence-electron chi connectivity index (χ0n) is 9.93. The number of hydrogen-bond acceptors (Lipinski definition) is 4. The molecule has 0 spiro atoms. The summed E-state index contributed by atoms with van der Waals surface area (Å²) in [6, 6.07) is 5.07. The first-order valence-electron chi connectivity index (χ1n) is 5.82. The molecule has 2 N–H and O–H groups in total. The molecule has 1 aromatic heterocycles. The molecule has 2 heterocycles. The maximum absolute atomic E-state index is 12.3. The van der Waals surface area contributed by atoms with E-state index in [-0.39, 0.29) is 23.2 Å². The van der Waals surface area contributed by atoms with Crippen molar-refractivity contribution in [3.63, 3.8) is 0 Å². The number of nitrogens with zero attached hydrogens (tertiary/aromatic N) is 1. The molecule has 19 heavy (non-hydrogen) atoms. The van der Waals surface area contributed by atoms with E-state index in [2.05, 4.69) is 10.3 Å². The van der Waals surface area contributed by atoms with Crippen LogP contribution in [0.4, 0.5) is 0 Å². The van der Waals surface area contributed by atoms with Crippen LogP contribution in [0.3, 0.4) is 0 Å². The normalized spacial score (nSPS) is 15.6. The van der Waals surface area contributed by atoms with Crippen LogP contribution in [0.15, 0.2) is 22.6 Å². The lowest BCUT2D eigenvalue weighted by molar-refractivity contribution is -0.123. The summed E-state index contributed by atoms with van der Waals surface area (Å²) in [6.45, 7) is 1.09. The number of aromatic amines is 1. The van der Waals surface area contributed by atoms with E-state index >= 15 is 0 Å². The summed E-state index contributed by atoms with van der Waals surface area (Å²) in [5.74, 6) is -0.320. The number of carbonyl (C=O) groups is 2. The van der Waals surface area contributed by atoms with Crippen LogP contribution in [-0.4, -0.2) is 41.3 Å². The molecule has 2 aromatic rings. The highest BCUT2D eigenvalue weighted by Gasteiger charge is 2.22. The zero-order chi connectivity index (χ0) is 13.4. The molecule has 6 nitrogen and oxygen atoms in total. The van der Waals surface area contributed by atoms with E-state index < -0.39 is 0 Å². The van der Waals surface area contributed by atoms with Crippen molar-refractivity contribution < 1.29 is 14.0 Å². The van der Waals surface area contributed by atoms with Crippen LogP contribution in [-0.2, 0) is 4.79 Å². The number of rotatable bonds is 1. The van der Waals surface area contributed by atoms with Crippen LogP contribution in [0.25, 0.3) is 11.1 Å². The van der Waals surface area contributed by atoms with Gasteiger partial charge in [0.1, 0.15) is 0 Å². The number of nitrogens with one attached hydrogen (secondary N) is 2. The molecule has 1 aliphatic heterocycles. The Morgan fingerprint density at radius 2 is 2.26 bits per heavy atom. The zero-order valence-corrected chi connectivity index (χ0v) is 10.8. The Balaban J connectivity index is 1.92. The molecule has 2 amide bonds. The minimum atomic E-state index is -0.181. The highest BCUT2D eigenvalue weighted by atomic mass is 32.1. The lowest BCUT2D eigenvalue weighted by atomic mass is 10.1. The van der Waals surface area contributed by atoms with Crippen molar-refractivity contribution in [1.29, 1.82) is 0 Å². The van der Waals surface area contributed by atoms with Crippen LogP contribution in [0.2, 0.25) is 0 Å².